The number of nitrogens with zero attached hydrogens (tertiary/aromatic N) is 5. The Morgan fingerprint density at radius 3 is 2.77 bits per heavy atom. The fraction of sp³-hybridized carbons (Fsp3) is 0.556. The van der Waals surface area contributed by atoms with Gasteiger partial charge >= 0.3 is 0 Å². The molecule has 0 saturated carbocycles. The predicted molar refractivity (Wildman–Crippen MR) is 100 cm³/mol. The Balaban J connectivity index is 1.29. The van der Waals surface area contributed by atoms with Gasteiger partial charge in [-0.15, -0.1) is 10.2 Å². The first-order chi connectivity index (χ1) is 12.8. The van der Waals surface area contributed by atoms with Gasteiger partial charge in [0, 0.05) is 19.0 Å². The van der Waals surface area contributed by atoms with Crippen molar-refractivity contribution in [2.45, 2.75) is 37.4 Å². The molecule has 0 spiro atoms. The van der Waals surface area contributed by atoms with Gasteiger partial charge in [0.1, 0.15) is 18.9 Å². The summed E-state index contributed by atoms with van der Waals surface area (Å²) in [7, 11) is 0. The summed E-state index contributed by atoms with van der Waals surface area (Å²) in [6.45, 7) is 4.22. The second kappa shape index (κ2) is 8.07. The van der Waals surface area contributed by atoms with Crippen LogP contribution in [0.3, 0.4) is 0 Å². The molecule has 1 fully saturated rings. The Bertz CT molecular complexity index is 741. The maximum atomic E-state index is 12.6. The summed E-state index contributed by atoms with van der Waals surface area (Å²) < 4.78 is 2.20. The molecule has 0 aliphatic carbocycles. The van der Waals surface area contributed by atoms with E-state index in [1.54, 1.807) is 0 Å². The number of hydrogen-bond acceptors (Lipinski definition) is 5. The number of H-pyrrole nitrogens is 1. The average Bonchev–Trinajstić information content (AvgIpc) is 2.93. The molecule has 2 aromatic heterocycles. The number of aromatic nitrogens is 4. The number of fused-ring (bicyclic) bond motifs is 1. The molecular formula is C18H25N6OS+. The highest BCUT2D eigenvalue weighted by Crippen LogP contribution is 2.22. The molecule has 2 aliphatic heterocycles. The van der Waals surface area contributed by atoms with E-state index < -0.39 is 0 Å². The number of carbonyl (C=O) groups is 1. The molecule has 1 saturated heterocycles. The fourth-order valence-corrected chi connectivity index (χ4v) is 4.45. The summed E-state index contributed by atoms with van der Waals surface area (Å²) in [5.41, 5.74) is 0. The third-order valence-corrected chi connectivity index (χ3v) is 6.02. The zero-order valence-corrected chi connectivity index (χ0v) is 15.7. The lowest BCUT2D eigenvalue weighted by atomic mass is 10.2. The van der Waals surface area contributed by atoms with Crippen LogP contribution in [-0.4, -0.2) is 57.5 Å². The first-order valence-corrected chi connectivity index (χ1v) is 10.3. The lowest BCUT2D eigenvalue weighted by molar-refractivity contribution is -0.364. The van der Waals surface area contributed by atoms with E-state index in [-0.39, 0.29) is 5.91 Å². The van der Waals surface area contributed by atoms with Gasteiger partial charge in [0.15, 0.2) is 5.16 Å². The highest BCUT2D eigenvalue weighted by atomic mass is 32.2. The van der Waals surface area contributed by atoms with Crippen molar-refractivity contribution in [1.82, 2.24) is 19.7 Å². The maximum absolute atomic E-state index is 12.6. The number of pyridine rings is 1. The average molecular weight is 374 g/mol. The summed E-state index contributed by atoms with van der Waals surface area (Å²) in [6.07, 6.45) is 6.54. The van der Waals surface area contributed by atoms with Crippen molar-refractivity contribution in [3.05, 3.63) is 30.2 Å². The Morgan fingerprint density at radius 1 is 1.08 bits per heavy atom. The molecule has 0 atom stereocenters. The highest BCUT2D eigenvalue weighted by molar-refractivity contribution is 7.99. The summed E-state index contributed by atoms with van der Waals surface area (Å²) in [5.74, 6) is 2.82. The molecule has 1 N–H and O–H groups in total. The lowest BCUT2D eigenvalue weighted by Crippen LogP contribution is -2.50. The van der Waals surface area contributed by atoms with Crippen molar-refractivity contribution in [3.8, 4) is 0 Å². The molecule has 4 heterocycles. The third-order valence-electron chi connectivity index (χ3n) is 5.07. The molecule has 0 unspecified atom stereocenters. The van der Waals surface area contributed by atoms with Gasteiger partial charge in [-0.3, -0.25) is 9.69 Å². The van der Waals surface area contributed by atoms with Gasteiger partial charge in [0.2, 0.25) is 5.91 Å². The zero-order chi connectivity index (χ0) is 17.8. The van der Waals surface area contributed by atoms with Gasteiger partial charge < -0.3 is 9.47 Å². The second-order valence-corrected chi connectivity index (χ2v) is 7.71. The normalized spacial score (nSPS) is 17.7. The van der Waals surface area contributed by atoms with Crippen LogP contribution in [0.15, 0.2) is 29.6 Å². The van der Waals surface area contributed by atoms with Crippen LogP contribution in [0, 0.1) is 0 Å². The highest BCUT2D eigenvalue weighted by Gasteiger charge is 2.26. The monoisotopic (exact) mass is 373 g/mol. The van der Waals surface area contributed by atoms with Crippen LogP contribution < -0.4 is 9.88 Å². The van der Waals surface area contributed by atoms with Gasteiger partial charge in [-0.05, 0) is 18.9 Å². The number of anilines is 1. The largest absolute Gasteiger partial charge is 0.334 e. The summed E-state index contributed by atoms with van der Waals surface area (Å²) in [6, 6.07) is 6.08. The minimum atomic E-state index is 0.192. The van der Waals surface area contributed by atoms with Crippen molar-refractivity contribution in [2.75, 3.05) is 36.8 Å². The van der Waals surface area contributed by atoms with E-state index in [0.29, 0.717) is 5.75 Å². The number of thioether (sulfide) groups is 1. The van der Waals surface area contributed by atoms with E-state index in [1.807, 2.05) is 23.2 Å². The third kappa shape index (κ3) is 3.85. The van der Waals surface area contributed by atoms with Crippen molar-refractivity contribution in [2.24, 2.45) is 0 Å². The SMILES string of the molecule is O=C(CSc1nnc2n1CCCCC2)N1CCN(c2cccc[nH+]2)CC1. The van der Waals surface area contributed by atoms with Crippen LogP contribution in [0.5, 0.6) is 0 Å². The van der Waals surface area contributed by atoms with E-state index in [2.05, 4.69) is 30.7 Å². The van der Waals surface area contributed by atoms with E-state index in [0.717, 1.165) is 55.9 Å². The molecule has 26 heavy (non-hydrogen) atoms. The molecule has 0 radical (unpaired) electrons. The van der Waals surface area contributed by atoms with E-state index in [1.165, 1.54) is 31.0 Å². The van der Waals surface area contributed by atoms with Crippen molar-refractivity contribution < 1.29 is 9.78 Å². The summed E-state index contributed by atoms with van der Waals surface area (Å²) in [4.78, 5) is 20.1. The fourth-order valence-electron chi connectivity index (χ4n) is 3.56. The summed E-state index contributed by atoms with van der Waals surface area (Å²) >= 11 is 1.53. The predicted octanol–water partition coefficient (Wildman–Crippen LogP) is 1.26. The van der Waals surface area contributed by atoms with Gasteiger partial charge in [-0.1, -0.05) is 24.2 Å². The molecular weight excluding hydrogens is 348 g/mol. The van der Waals surface area contributed by atoms with Crippen molar-refractivity contribution in [3.63, 3.8) is 0 Å². The minimum Gasteiger partial charge on any atom is -0.334 e. The van der Waals surface area contributed by atoms with Gasteiger partial charge in [-0.2, -0.15) is 0 Å². The van der Waals surface area contributed by atoms with Gasteiger partial charge in [0.25, 0.3) is 5.82 Å². The van der Waals surface area contributed by atoms with E-state index >= 15 is 0 Å². The molecule has 4 rings (SSSR count). The number of rotatable bonds is 4. The zero-order valence-electron chi connectivity index (χ0n) is 14.9. The van der Waals surface area contributed by atoms with Crippen LogP contribution in [-0.2, 0) is 17.8 Å². The van der Waals surface area contributed by atoms with Gasteiger partial charge in [-0.25, -0.2) is 4.98 Å². The van der Waals surface area contributed by atoms with Crippen LogP contribution in [0.25, 0.3) is 0 Å². The summed E-state index contributed by atoms with van der Waals surface area (Å²) in [5, 5.41) is 9.50. The molecule has 1 amide bonds. The second-order valence-electron chi connectivity index (χ2n) is 6.77. The topological polar surface area (TPSA) is 68.4 Å². The molecule has 7 nitrogen and oxygen atoms in total. The number of aryl methyl sites for hydroxylation is 1. The van der Waals surface area contributed by atoms with Crippen LogP contribution in [0.2, 0.25) is 0 Å². The minimum absolute atomic E-state index is 0.192. The molecule has 0 aromatic carbocycles. The van der Waals surface area contributed by atoms with Crippen LogP contribution in [0.4, 0.5) is 5.82 Å². The quantitative estimate of drug-likeness (QED) is 0.755. The Hall–Kier alpha value is -2.09. The van der Waals surface area contributed by atoms with Crippen molar-refractivity contribution in [1.29, 1.82) is 0 Å². The first kappa shape index (κ1) is 17.3. The number of aromatic amines is 1. The Kier molecular flexibility index (Phi) is 5.38. The molecule has 2 aliphatic rings. The standard InChI is InChI=1S/C18H24N6OS/c25-17(14-26-18-21-20-16-7-2-1-5-9-24(16)18)23-12-10-22(11-13-23)15-6-3-4-8-19-15/h3-4,6,8H,1-2,5,7,9-14H2/p+1. The lowest BCUT2D eigenvalue weighted by Gasteiger charge is -2.30. The maximum Gasteiger partial charge on any atom is 0.274 e. The molecule has 138 valence electrons. The van der Waals surface area contributed by atoms with Crippen molar-refractivity contribution >= 4 is 23.5 Å². The number of nitrogens with one attached hydrogen (secondary N) is 1. The molecule has 0 bridgehead atoms. The van der Waals surface area contributed by atoms with E-state index in [4.69, 9.17) is 0 Å². The number of hydrogen-bond donors (Lipinski definition) is 0. The number of amides is 1. The molecule has 2 aromatic rings. The smallest absolute Gasteiger partial charge is 0.274 e. The van der Waals surface area contributed by atoms with Crippen LogP contribution in [0.1, 0.15) is 25.1 Å². The number of piperazine rings is 1. The van der Waals surface area contributed by atoms with E-state index in [9.17, 15) is 4.79 Å². The van der Waals surface area contributed by atoms with Crippen LogP contribution >= 0.6 is 11.8 Å². The molecule has 8 heteroatoms. The van der Waals surface area contributed by atoms with Gasteiger partial charge in [0.05, 0.1) is 25.0 Å². The Labute approximate surface area is 157 Å². The number of carbonyl (C=O) groups excluding carboxylic acids is 1. The first-order valence-electron chi connectivity index (χ1n) is 9.35. The Morgan fingerprint density at radius 2 is 1.96 bits per heavy atom.